The molecule has 1 fully saturated rings. The van der Waals surface area contributed by atoms with Crippen LogP contribution in [-0.2, 0) is 10.2 Å². The molecular weight excluding hydrogens is 312 g/mol. The van der Waals surface area contributed by atoms with Crippen LogP contribution in [-0.4, -0.2) is 19.0 Å². The minimum absolute atomic E-state index is 0.00543. The Morgan fingerprint density at radius 2 is 1.80 bits per heavy atom. The number of hydrogen-bond acceptors (Lipinski definition) is 3. The average molecular weight is 336 g/mol. The smallest absolute Gasteiger partial charge is 0.225 e. The predicted molar refractivity (Wildman–Crippen MR) is 101 cm³/mol. The molecule has 4 heteroatoms. The fourth-order valence-corrected chi connectivity index (χ4v) is 3.53. The van der Waals surface area contributed by atoms with Crippen LogP contribution < -0.4 is 15.4 Å². The van der Waals surface area contributed by atoms with E-state index in [0.717, 1.165) is 25.9 Å². The quantitative estimate of drug-likeness (QED) is 0.788. The highest BCUT2D eigenvalue weighted by Crippen LogP contribution is 2.37. The van der Waals surface area contributed by atoms with Crippen molar-refractivity contribution in [2.75, 3.05) is 18.4 Å². The van der Waals surface area contributed by atoms with Gasteiger partial charge in [-0.2, -0.15) is 0 Å². The van der Waals surface area contributed by atoms with E-state index >= 15 is 0 Å². The van der Waals surface area contributed by atoms with Gasteiger partial charge in [-0.25, -0.2) is 0 Å². The number of para-hydroxylation sites is 2. The van der Waals surface area contributed by atoms with Crippen LogP contribution >= 0.6 is 0 Å². The second-order valence-electron chi connectivity index (χ2n) is 6.40. The standard InChI is InChI=1S/C21H24N2O2/c1-2-25-19-11-7-6-10-18(19)23-20(24)16-21(12-14-22-15-13-21)17-8-4-3-5-9-17/h2-11,22H,1,12-16H2,(H,23,24). The van der Waals surface area contributed by atoms with Crippen molar-refractivity contribution < 1.29 is 9.53 Å². The topological polar surface area (TPSA) is 50.4 Å². The first-order valence-corrected chi connectivity index (χ1v) is 8.66. The third kappa shape index (κ3) is 4.09. The Kier molecular flexibility index (Phi) is 5.51. The maximum atomic E-state index is 12.8. The molecule has 0 radical (unpaired) electrons. The van der Waals surface area contributed by atoms with Crippen LogP contribution in [0.5, 0.6) is 5.75 Å². The van der Waals surface area contributed by atoms with Crippen molar-refractivity contribution in [3.63, 3.8) is 0 Å². The van der Waals surface area contributed by atoms with Crippen LogP contribution in [0.3, 0.4) is 0 Å². The molecule has 0 atom stereocenters. The Bertz CT molecular complexity index is 722. The van der Waals surface area contributed by atoms with Crippen molar-refractivity contribution in [1.82, 2.24) is 5.32 Å². The highest BCUT2D eigenvalue weighted by Gasteiger charge is 2.36. The molecule has 1 heterocycles. The molecule has 0 spiro atoms. The van der Waals surface area contributed by atoms with Gasteiger partial charge in [0.25, 0.3) is 0 Å². The molecule has 0 unspecified atom stereocenters. The molecule has 1 aliphatic rings. The van der Waals surface area contributed by atoms with Gasteiger partial charge >= 0.3 is 0 Å². The van der Waals surface area contributed by atoms with Gasteiger partial charge in [0.2, 0.25) is 5.91 Å². The minimum atomic E-state index is -0.120. The molecule has 1 saturated heterocycles. The normalized spacial score (nSPS) is 16.0. The molecule has 130 valence electrons. The van der Waals surface area contributed by atoms with Crippen molar-refractivity contribution in [2.24, 2.45) is 0 Å². The largest absolute Gasteiger partial charge is 0.463 e. The van der Waals surface area contributed by atoms with E-state index in [-0.39, 0.29) is 11.3 Å². The summed E-state index contributed by atoms with van der Waals surface area (Å²) in [4.78, 5) is 12.8. The Morgan fingerprint density at radius 3 is 2.52 bits per heavy atom. The van der Waals surface area contributed by atoms with Gasteiger partial charge in [0.1, 0.15) is 5.75 Å². The number of piperidine rings is 1. The number of nitrogens with one attached hydrogen (secondary N) is 2. The van der Waals surface area contributed by atoms with Crippen molar-refractivity contribution in [3.8, 4) is 5.75 Å². The van der Waals surface area contributed by atoms with Gasteiger partial charge in [-0.05, 0) is 43.6 Å². The first kappa shape index (κ1) is 17.2. The Hall–Kier alpha value is -2.59. The van der Waals surface area contributed by atoms with Gasteiger partial charge in [-0.15, -0.1) is 0 Å². The van der Waals surface area contributed by atoms with E-state index in [9.17, 15) is 4.79 Å². The molecule has 4 nitrogen and oxygen atoms in total. The number of benzene rings is 2. The summed E-state index contributed by atoms with van der Waals surface area (Å²) in [5.41, 5.74) is 1.79. The summed E-state index contributed by atoms with van der Waals surface area (Å²) in [5.74, 6) is 0.607. The first-order chi connectivity index (χ1) is 12.2. The lowest BCUT2D eigenvalue weighted by Gasteiger charge is -2.38. The molecule has 25 heavy (non-hydrogen) atoms. The van der Waals surface area contributed by atoms with Crippen LogP contribution in [0.1, 0.15) is 24.8 Å². The van der Waals surface area contributed by atoms with Gasteiger partial charge in [-0.3, -0.25) is 4.79 Å². The van der Waals surface area contributed by atoms with Gasteiger partial charge in [-0.1, -0.05) is 49.0 Å². The fraction of sp³-hybridized carbons (Fsp3) is 0.286. The Balaban J connectivity index is 1.79. The zero-order valence-electron chi connectivity index (χ0n) is 14.3. The summed E-state index contributed by atoms with van der Waals surface area (Å²) in [6.07, 6.45) is 3.73. The number of carbonyl (C=O) groups excluding carboxylic acids is 1. The maximum Gasteiger partial charge on any atom is 0.225 e. The zero-order valence-corrected chi connectivity index (χ0v) is 14.3. The van der Waals surface area contributed by atoms with Crippen LogP contribution in [0.25, 0.3) is 0 Å². The van der Waals surface area contributed by atoms with Crippen molar-refractivity contribution in [2.45, 2.75) is 24.7 Å². The molecule has 0 aromatic heterocycles. The number of amides is 1. The summed E-state index contributed by atoms with van der Waals surface area (Å²) in [5, 5.41) is 6.40. The lowest BCUT2D eigenvalue weighted by molar-refractivity contribution is -0.117. The maximum absolute atomic E-state index is 12.8. The van der Waals surface area contributed by atoms with Gasteiger partial charge in [0.15, 0.2) is 0 Å². The summed E-state index contributed by atoms with van der Waals surface area (Å²) < 4.78 is 5.38. The number of rotatable bonds is 6. The van der Waals surface area contributed by atoms with Gasteiger partial charge in [0, 0.05) is 11.8 Å². The van der Waals surface area contributed by atoms with Crippen LogP contribution in [0.15, 0.2) is 67.4 Å². The molecular formula is C21H24N2O2. The minimum Gasteiger partial charge on any atom is -0.463 e. The molecule has 0 saturated carbocycles. The number of anilines is 1. The number of carbonyl (C=O) groups is 1. The summed E-state index contributed by atoms with van der Waals surface area (Å²) in [7, 11) is 0. The Labute approximate surface area is 148 Å². The third-order valence-corrected chi connectivity index (χ3v) is 4.82. The molecule has 2 aromatic rings. The molecule has 0 aliphatic carbocycles. The van der Waals surface area contributed by atoms with E-state index in [1.165, 1.54) is 11.8 Å². The summed E-state index contributed by atoms with van der Waals surface area (Å²) in [6.45, 7) is 5.44. The van der Waals surface area contributed by atoms with E-state index in [0.29, 0.717) is 17.9 Å². The summed E-state index contributed by atoms with van der Waals surface area (Å²) >= 11 is 0. The SMILES string of the molecule is C=COc1ccccc1NC(=O)CC1(c2ccccc2)CCNCC1. The zero-order chi connectivity index (χ0) is 17.5. The molecule has 0 bridgehead atoms. The average Bonchev–Trinajstić information content (AvgIpc) is 2.65. The van der Waals surface area contributed by atoms with Crippen LogP contribution in [0.4, 0.5) is 5.69 Å². The molecule has 1 amide bonds. The van der Waals surface area contributed by atoms with Crippen molar-refractivity contribution in [3.05, 3.63) is 73.0 Å². The second kappa shape index (κ2) is 7.99. The highest BCUT2D eigenvalue weighted by molar-refractivity contribution is 5.93. The number of hydrogen-bond donors (Lipinski definition) is 2. The molecule has 2 N–H and O–H groups in total. The lowest BCUT2D eigenvalue weighted by Crippen LogP contribution is -2.42. The Morgan fingerprint density at radius 1 is 1.12 bits per heavy atom. The third-order valence-electron chi connectivity index (χ3n) is 4.82. The van der Waals surface area contributed by atoms with E-state index in [2.05, 4.69) is 29.3 Å². The van der Waals surface area contributed by atoms with Crippen molar-refractivity contribution >= 4 is 11.6 Å². The van der Waals surface area contributed by atoms with E-state index < -0.39 is 0 Å². The van der Waals surface area contributed by atoms with E-state index in [1.54, 1.807) is 0 Å². The van der Waals surface area contributed by atoms with E-state index in [4.69, 9.17) is 4.74 Å². The van der Waals surface area contributed by atoms with Crippen molar-refractivity contribution in [1.29, 1.82) is 0 Å². The molecule has 1 aliphatic heterocycles. The highest BCUT2D eigenvalue weighted by atomic mass is 16.5. The van der Waals surface area contributed by atoms with Crippen LogP contribution in [0.2, 0.25) is 0 Å². The number of ether oxygens (including phenoxy) is 1. The first-order valence-electron chi connectivity index (χ1n) is 8.66. The second-order valence-corrected chi connectivity index (χ2v) is 6.40. The summed E-state index contributed by atoms with van der Waals surface area (Å²) in [6, 6.07) is 17.8. The van der Waals surface area contributed by atoms with Gasteiger partial charge in [0.05, 0.1) is 11.9 Å². The van der Waals surface area contributed by atoms with Gasteiger partial charge < -0.3 is 15.4 Å². The van der Waals surface area contributed by atoms with E-state index in [1.807, 2.05) is 42.5 Å². The lowest BCUT2D eigenvalue weighted by atomic mass is 9.70. The monoisotopic (exact) mass is 336 g/mol. The predicted octanol–water partition coefficient (Wildman–Crippen LogP) is 3.86. The fourth-order valence-electron chi connectivity index (χ4n) is 3.53. The molecule has 3 rings (SSSR count). The molecule has 2 aromatic carbocycles. The van der Waals surface area contributed by atoms with Crippen LogP contribution in [0, 0.1) is 0 Å².